The number of carbonyl (C=O) groups excluding carboxylic acids is 2. The van der Waals surface area contributed by atoms with E-state index in [0.29, 0.717) is 29.9 Å². The van der Waals surface area contributed by atoms with Gasteiger partial charge in [0.2, 0.25) is 0 Å². The molecule has 2 amide bonds. The summed E-state index contributed by atoms with van der Waals surface area (Å²) in [5.74, 6) is -0.0591. The third-order valence-corrected chi connectivity index (χ3v) is 4.56. The Balaban J connectivity index is 0.00000243. The molecule has 5 nitrogen and oxygen atoms in total. The van der Waals surface area contributed by atoms with Crippen molar-refractivity contribution >= 4 is 29.9 Å². The van der Waals surface area contributed by atoms with Crippen LogP contribution in [0.2, 0.25) is 0 Å². The van der Waals surface area contributed by atoms with Gasteiger partial charge < -0.3 is 16.0 Å². The number of carbonyl (C=O) groups is 2. The number of amides is 2. The number of halogens is 1. The molecule has 1 aliphatic rings. The average molecular weight is 374 g/mol. The van der Waals surface area contributed by atoms with Gasteiger partial charge in [0.25, 0.3) is 11.8 Å². The van der Waals surface area contributed by atoms with Gasteiger partial charge in [0.05, 0.1) is 0 Å². The maximum atomic E-state index is 12.5. The molecule has 0 unspecified atom stereocenters. The highest BCUT2D eigenvalue weighted by molar-refractivity contribution is 5.95. The van der Waals surface area contributed by atoms with Crippen LogP contribution >= 0.6 is 12.4 Å². The Labute approximate surface area is 160 Å². The van der Waals surface area contributed by atoms with Crippen LogP contribution in [0.3, 0.4) is 0 Å². The number of hydrogen-bond acceptors (Lipinski definition) is 3. The Morgan fingerprint density at radius 1 is 1.04 bits per heavy atom. The third-order valence-electron chi connectivity index (χ3n) is 4.56. The lowest BCUT2D eigenvalue weighted by Gasteiger charge is -2.32. The first-order valence-corrected chi connectivity index (χ1v) is 8.55. The third kappa shape index (κ3) is 4.76. The topological polar surface area (TPSA) is 75.4 Å². The van der Waals surface area contributed by atoms with Crippen molar-refractivity contribution in [3.05, 3.63) is 65.2 Å². The van der Waals surface area contributed by atoms with Crippen LogP contribution in [0.1, 0.15) is 39.1 Å². The lowest BCUT2D eigenvalue weighted by molar-refractivity contribution is 0.0698. The SMILES string of the molecule is Cc1ccc(C(=O)N2CCC(NC(=O)c3cccc(N)c3)CC2)cc1.Cl. The first-order chi connectivity index (χ1) is 12.0. The van der Waals surface area contributed by atoms with Gasteiger partial charge in [0, 0.05) is 35.9 Å². The summed E-state index contributed by atoms with van der Waals surface area (Å²) in [4.78, 5) is 26.7. The Morgan fingerprint density at radius 2 is 1.69 bits per heavy atom. The van der Waals surface area contributed by atoms with E-state index in [-0.39, 0.29) is 30.3 Å². The number of benzene rings is 2. The summed E-state index contributed by atoms with van der Waals surface area (Å²) in [5.41, 5.74) is 8.72. The van der Waals surface area contributed by atoms with Gasteiger partial charge in [-0.05, 0) is 50.1 Å². The molecule has 2 aromatic rings. The first kappa shape index (κ1) is 19.8. The van der Waals surface area contributed by atoms with Gasteiger partial charge >= 0.3 is 0 Å². The quantitative estimate of drug-likeness (QED) is 0.812. The average Bonchev–Trinajstić information content (AvgIpc) is 2.62. The lowest BCUT2D eigenvalue weighted by atomic mass is 10.0. The molecule has 138 valence electrons. The molecule has 0 aliphatic carbocycles. The molecule has 6 heteroatoms. The lowest BCUT2D eigenvalue weighted by Crippen LogP contribution is -2.46. The molecule has 26 heavy (non-hydrogen) atoms. The summed E-state index contributed by atoms with van der Waals surface area (Å²) < 4.78 is 0. The number of anilines is 1. The Morgan fingerprint density at radius 3 is 2.31 bits per heavy atom. The van der Waals surface area contributed by atoms with Crippen molar-refractivity contribution in [2.24, 2.45) is 0 Å². The summed E-state index contributed by atoms with van der Waals surface area (Å²) in [5, 5.41) is 3.04. The normalized spacial score (nSPS) is 14.4. The molecule has 0 saturated carbocycles. The van der Waals surface area contributed by atoms with Crippen molar-refractivity contribution in [2.75, 3.05) is 18.8 Å². The second-order valence-electron chi connectivity index (χ2n) is 6.53. The summed E-state index contributed by atoms with van der Waals surface area (Å²) in [6, 6.07) is 14.7. The van der Waals surface area contributed by atoms with Gasteiger partial charge in [-0.3, -0.25) is 9.59 Å². The number of nitrogens with one attached hydrogen (secondary N) is 1. The Bertz CT molecular complexity index is 769. The van der Waals surface area contributed by atoms with E-state index < -0.39 is 0 Å². The maximum absolute atomic E-state index is 12.5. The van der Waals surface area contributed by atoms with Gasteiger partial charge in [0.15, 0.2) is 0 Å². The number of likely N-dealkylation sites (tertiary alicyclic amines) is 1. The van der Waals surface area contributed by atoms with Gasteiger partial charge in [-0.15, -0.1) is 12.4 Å². The summed E-state index contributed by atoms with van der Waals surface area (Å²) >= 11 is 0. The smallest absolute Gasteiger partial charge is 0.253 e. The Hall–Kier alpha value is -2.53. The fourth-order valence-electron chi connectivity index (χ4n) is 3.05. The molecular weight excluding hydrogens is 350 g/mol. The molecule has 1 aliphatic heterocycles. The van der Waals surface area contributed by atoms with Gasteiger partial charge in [-0.2, -0.15) is 0 Å². The van der Waals surface area contributed by atoms with Crippen LogP contribution in [0.5, 0.6) is 0 Å². The summed E-state index contributed by atoms with van der Waals surface area (Å²) in [6.45, 7) is 3.30. The number of piperidine rings is 1. The highest BCUT2D eigenvalue weighted by Crippen LogP contribution is 2.15. The first-order valence-electron chi connectivity index (χ1n) is 8.55. The van der Waals surface area contributed by atoms with E-state index in [1.807, 2.05) is 36.1 Å². The molecule has 0 bridgehead atoms. The minimum atomic E-state index is -0.115. The highest BCUT2D eigenvalue weighted by atomic mass is 35.5. The van der Waals surface area contributed by atoms with E-state index in [2.05, 4.69) is 5.32 Å². The van der Waals surface area contributed by atoms with E-state index in [1.165, 1.54) is 0 Å². The van der Waals surface area contributed by atoms with Crippen LogP contribution in [0.25, 0.3) is 0 Å². The van der Waals surface area contributed by atoms with Crippen molar-refractivity contribution in [1.82, 2.24) is 10.2 Å². The molecule has 1 saturated heterocycles. The number of aryl methyl sites for hydroxylation is 1. The zero-order chi connectivity index (χ0) is 17.8. The Kier molecular flexibility index (Phi) is 6.64. The predicted molar refractivity (Wildman–Crippen MR) is 106 cm³/mol. The van der Waals surface area contributed by atoms with E-state index in [1.54, 1.807) is 24.3 Å². The van der Waals surface area contributed by atoms with Gasteiger partial charge in [-0.25, -0.2) is 0 Å². The molecule has 3 N–H and O–H groups in total. The van der Waals surface area contributed by atoms with Crippen LogP contribution in [-0.2, 0) is 0 Å². The molecular formula is C20H24ClN3O2. The standard InChI is InChI=1S/C20H23N3O2.ClH/c1-14-5-7-15(8-6-14)20(25)23-11-9-18(10-12-23)22-19(24)16-3-2-4-17(21)13-16;/h2-8,13,18H,9-12,21H2,1H3,(H,22,24);1H. The summed E-state index contributed by atoms with van der Waals surface area (Å²) in [6.07, 6.45) is 1.51. The second-order valence-corrected chi connectivity index (χ2v) is 6.53. The molecule has 0 aromatic heterocycles. The minimum Gasteiger partial charge on any atom is -0.399 e. The van der Waals surface area contributed by atoms with E-state index >= 15 is 0 Å². The second kappa shape index (κ2) is 8.72. The van der Waals surface area contributed by atoms with Crippen molar-refractivity contribution < 1.29 is 9.59 Å². The zero-order valence-corrected chi connectivity index (χ0v) is 15.6. The molecule has 0 spiro atoms. The van der Waals surface area contributed by atoms with Crippen molar-refractivity contribution in [3.63, 3.8) is 0 Å². The monoisotopic (exact) mass is 373 g/mol. The van der Waals surface area contributed by atoms with Gasteiger partial charge in [0.1, 0.15) is 0 Å². The van der Waals surface area contributed by atoms with E-state index in [4.69, 9.17) is 5.73 Å². The number of nitrogens with zero attached hydrogens (tertiary/aromatic N) is 1. The van der Waals surface area contributed by atoms with Crippen LogP contribution in [-0.4, -0.2) is 35.8 Å². The fraction of sp³-hybridized carbons (Fsp3) is 0.300. The molecule has 1 heterocycles. The number of rotatable bonds is 3. The van der Waals surface area contributed by atoms with E-state index in [0.717, 1.165) is 18.4 Å². The van der Waals surface area contributed by atoms with Crippen LogP contribution in [0, 0.1) is 6.92 Å². The van der Waals surface area contributed by atoms with Crippen LogP contribution in [0.4, 0.5) is 5.69 Å². The molecule has 0 radical (unpaired) electrons. The predicted octanol–water partition coefficient (Wildman–Crippen LogP) is 3.03. The van der Waals surface area contributed by atoms with Crippen LogP contribution < -0.4 is 11.1 Å². The van der Waals surface area contributed by atoms with Crippen molar-refractivity contribution in [1.29, 1.82) is 0 Å². The van der Waals surface area contributed by atoms with E-state index in [9.17, 15) is 9.59 Å². The van der Waals surface area contributed by atoms with Gasteiger partial charge in [-0.1, -0.05) is 23.8 Å². The molecule has 2 aromatic carbocycles. The maximum Gasteiger partial charge on any atom is 0.253 e. The number of hydrogen-bond donors (Lipinski definition) is 2. The summed E-state index contributed by atoms with van der Waals surface area (Å²) in [7, 11) is 0. The largest absolute Gasteiger partial charge is 0.399 e. The molecule has 0 atom stereocenters. The fourth-order valence-corrected chi connectivity index (χ4v) is 3.05. The molecule has 3 rings (SSSR count). The van der Waals surface area contributed by atoms with Crippen molar-refractivity contribution in [2.45, 2.75) is 25.8 Å². The molecule has 1 fully saturated rings. The number of nitrogen functional groups attached to an aromatic ring is 1. The highest BCUT2D eigenvalue weighted by Gasteiger charge is 2.24. The van der Waals surface area contributed by atoms with Crippen LogP contribution in [0.15, 0.2) is 48.5 Å². The van der Waals surface area contributed by atoms with Crippen molar-refractivity contribution in [3.8, 4) is 0 Å². The zero-order valence-electron chi connectivity index (χ0n) is 14.8. The minimum absolute atomic E-state index is 0. The number of nitrogens with two attached hydrogens (primary N) is 1.